The molecule has 2 aromatic carbocycles. The summed E-state index contributed by atoms with van der Waals surface area (Å²) in [6.07, 6.45) is 3.49. The molecule has 0 spiro atoms. The van der Waals surface area contributed by atoms with Crippen LogP contribution in [0.25, 0.3) is 33.9 Å². The lowest BCUT2D eigenvalue weighted by molar-refractivity contribution is 0.133. The molecule has 4 aromatic rings. The smallest absolute Gasteiger partial charge is 0.143 e. The van der Waals surface area contributed by atoms with Crippen LogP contribution < -0.4 is 0 Å². The van der Waals surface area contributed by atoms with E-state index in [1.54, 1.807) is 31.6 Å². The Kier molecular flexibility index (Phi) is 4.77. The summed E-state index contributed by atoms with van der Waals surface area (Å²) in [5.41, 5.74) is 4.48. The predicted octanol–water partition coefficient (Wildman–Crippen LogP) is 5.02. The highest BCUT2D eigenvalue weighted by molar-refractivity contribution is 5.82. The van der Waals surface area contributed by atoms with Crippen molar-refractivity contribution >= 4 is 0 Å². The highest BCUT2D eigenvalue weighted by atomic mass is 19.1. The second-order valence-electron chi connectivity index (χ2n) is 6.09. The van der Waals surface area contributed by atoms with Crippen LogP contribution in [-0.4, -0.2) is 21.6 Å². The molecule has 2 aromatic heterocycles. The van der Waals surface area contributed by atoms with Gasteiger partial charge in [-0.25, -0.2) is 9.37 Å². The van der Waals surface area contributed by atoms with Gasteiger partial charge in [-0.1, -0.05) is 30.3 Å². The summed E-state index contributed by atoms with van der Waals surface area (Å²) in [7, 11) is 1.66. The molecule has 0 N–H and O–H groups in total. The van der Waals surface area contributed by atoms with E-state index in [-0.39, 0.29) is 5.82 Å². The van der Waals surface area contributed by atoms with Crippen LogP contribution in [0.4, 0.5) is 4.39 Å². The van der Waals surface area contributed by atoms with E-state index >= 15 is 0 Å². The first-order valence-corrected chi connectivity index (χ1v) is 8.59. The van der Waals surface area contributed by atoms with E-state index in [9.17, 15) is 4.39 Å². The van der Waals surface area contributed by atoms with Gasteiger partial charge in [0.1, 0.15) is 18.4 Å². The highest BCUT2D eigenvalue weighted by Crippen LogP contribution is 2.36. The Balaban J connectivity index is 2.01. The summed E-state index contributed by atoms with van der Waals surface area (Å²) in [6.45, 7) is 0.343. The average Bonchev–Trinajstić information content (AvgIpc) is 3.09. The van der Waals surface area contributed by atoms with Gasteiger partial charge in [-0.3, -0.25) is 9.55 Å². The number of hydrogen-bond donors (Lipinski definition) is 0. The summed E-state index contributed by atoms with van der Waals surface area (Å²) >= 11 is 0. The zero-order valence-corrected chi connectivity index (χ0v) is 14.8. The van der Waals surface area contributed by atoms with Crippen molar-refractivity contribution in [3.63, 3.8) is 0 Å². The van der Waals surface area contributed by atoms with E-state index in [4.69, 9.17) is 9.72 Å². The third-order valence-corrected chi connectivity index (χ3v) is 4.33. The van der Waals surface area contributed by atoms with Gasteiger partial charge in [0, 0.05) is 36.2 Å². The van der Waals surface area contributed by atoms with Gasteiger partial charge in [-0.05, 0) is 36.4 Å². The van der Waals surface area contributed by atoms with Gasteiger partial charge in [-0.15, -0.1) is 0 Å². The summed E-state index contributed by atoms with van der Waals surface area (Å²) in [6, 6.07) is 20.2. The first-order valence-electron chi connectivity index (χ1n) is 8.59. The van der Waals surface area contributed by atoms with E-state index in [2.05, 4.69) is 4.98 Å². The lowest BCUT2D eigenvalue weighted by Crippen LogP contribution is -2.04. The summed E-state index contributed by atoms with van der Waals surface area (Å²) in [5, 5.41) is 0. The van der Waals surface area contributed by atoms with E-state index < -0.39 is 0 Å². The van der Waals surface area contributed by atoms with Gasteiger partial charge in [0.2, 0.25) is 0 Å². The van der Waals surface area contributed by atoms with Gasteiger partial charge < -0.3 is 4.74 Å². The molecule has 0 fully saturated rings. The minimum Gasteiger partial charge on any atom is -0.364 e. The number of nitrogens with zero attached hydrogens (tertiary/aromatic N) is 3. The predicted molar refractivity (Wildman–Crippen MR) is 103 cm³/mol. The van der Waals surface area contributed by atoms with E-state index in [1.807, 2.05) is 47.0 Å². The molecule has 0 radical (unpaired) electrons. The van der Waals surface area contributed by atoms with Crippen LogP contribution in [0.1, 0.15) is 0 Å². The van der Waals surface area contributed by atoms with Crippen molar-refractivity contribution in [3.8, 4) is 33.9 Å². The number of pyridine rings is 1. The van der Waals surface area contributed by atoms with Crippen LogP contribution in [0.3, 0.4) is 0 Å². The first-order chi connectivity index (χ1) is 13.3. The van der Waals surface area contributed by atoms with Crippen molar-refractivity contribution in [2.75, 3.05) is 7.11 Å². The molecule has 27 heavy (non-hydrogen) atoms. The molecule has 0 aliphatic rings. The fourth-order valence-corrected chi connectivity index (χ4v) is 3.13. The van der Waals surface area contributed by atoms with Crippen LogP contribution in [0, 0.1) is 5.82 Å². The molecule has 0 aliphatic heterocycles. The third-order valence-electron chi connectivity index (χ3n) is 4.33. The Morgan fingerprint density at radius 1 is 0.852 bits per heavy atom. The van der Waals surface area contributed by atoms with Crippen molar-refractivity contribution in [1.82, 2.24) is 14.5 Å². The number of ether oxygens (including phenoxy) is 1. The monoisotopic (exact) mass is 359 g/mol. The van der Waals surface area contributed by atoms with E-state index in [0.29, 0.717) is 6.73 Å². The van der Waals surface area contributed by atoms with E-state index in [0.717, 1.165) is 33.9 Å². The quantitative estimate of drug-likeness (QED) is 0.502. The fraction of sp³-hybridized carbons (Fsp3) is 0.0909. The van der Waals surface area contributed by atoms with Crippen LogP contribution in [0.2, 0.25) is 0 Å². The Bertz CT molecular complexity index is 1030. The number of rotatable bonds is 5. The van der Waals surface area contributed by atoms with Gasteiger partial charge in [0.25, 0.3) is 0 Å². The van der Waals surface area contributed by atoms with Crippen LogP contribution in [0.15, 0.2) is 79.1 Å². The zero-order valence-electron chi connectivity index (χ0n) is 14.8. The van der Waals surface area contributed by atoms with Crippen molar-refractivity contribution in [2.24, 2.45) is 0 Å². The van der Waals surface area contributed by atoms with Crippen LogP contribution in [-0.2, 0) is 11.5 Å². The second kappa shape index (κ2) is 7.51. The molecule has 0 unspecified atom stereocenters. The molecule has 4 nitrogen and oxygen atoms in total. The minimum absolute atomic E-state index is 0.274. The van der Waals surface area contributed by atoms with Gasteiger partial charge in [-0.2, -0.15) is 0 Å². The number of methoxy groups -OCH3 is 1. The Morgan fingerprint density at radius 2 is 1.56 bits per heavy atom. The minimum atomic E-state index is -0.274. The van der Waals surface area contributed by atoms with E-state index in [1.165, 1.54) is 12.1 Å². The Morgan fingerprint density at radius 3 is 2.22 bits per heavy atom. The standard InChI is InChI=1S/C22H18FN3O/c1-27-15-26-21(17-11-13-24-14-12-17)20(16-7-9-19(23)10-8-16)25-22(26)18-5-3-2-4-6-18/h2-14H,15H2,1H3. The Labute approximate surface area is 156 Å². The molecule has 0 saturated carbocycles. The number of hydrogen-bond acceptors (Lipinski definition) is 3. The molecule has 4 rings (SSSR count). The number of aromatic nitrogens is 3. The number of benzene rings is 2. The zero-order chi connectivity index (χ0) is 18.6. The van der Waals surface area contributed by atoms with Gasteiger partial charge >= 0.3 is 0 Å². The van der Waals surface area contributed by atoms with Crippen molar-refractivity contribution < 1.29 is 9.13 Å². The maximum absolute atomic E-state index is 13.4. The molecular weight excluding hydrogens is 341 g/mol. The van der Waals surface area contributed by atoms with Gasteiger partial charge in [0.15, 0.2) is 0 Å². The lowest BCUT2D eigenvalue weighted by Gasteiger charge is -2.12. The van der Waals surface area contributed by atoms with Crippen LogP contribution >= 0.6 is 0 Å². The van der Waals surface area contributed by atoms with Crippen molar-refractivity contribution in [3.05, 3.63) is 84.9 Å². The molecule has 0 saturated heterocycles. The maximum atomic E-state index is 13.4. The number of imidazole rings is 1. The summed E-state index contributed by atoms with van der Waals surface area (Å²) in [5.74, 6) is 0.521. The molecule has 0 atom stereocenters. The highest BCUT2D eigenvalue weighted by Gasteiger charge is 2.21. The van der Waals surface area contributed by atoms with Crippen molar-refractivity contribution in [2.45, 2.75) is 6.73 Å². The molecular formula is C22H18FN3O. The second-order valence-corrected chi connectivity index (χ2v) is 6.09. The Hall–Kier alpha value is -3.31. The summed E-state index contributed by atoms with van der Waals surface area (Å²) < 4.78 is 20.9. The topological polar surface area (TPSA) is 39.9 Å². The fourth-order valence-electron chi connectivity index (χ4n) is 3.13. The molecule has 2 heterocycles. The number of halogens is 1. The van der Waals surface area contributed by atoms with Crippen LogP contribution in [0.5, 0.6) is 0 Å². The lowest BCUT2D eigenvalue weighted by atomic mass is 10.1. The van der Waals surface area contributed by atoms with Gasteiger partial charge in [0.05, 0.1) is 11.4 Å². The largest absolute Gasteiger partial charge is 0.364 e. The SMILES string of the molecule is COCn1c(-c2ccccc2)nc(-c2ccc(F)cc2)c1-c1ccncc1. The molecule has 134 valence electrons. The normalized spacial score (nSPS) is 10.9. The van der Waals surface area contributed by atoms with Crippen molar-refractivity contribution in [1.29, 1.82) is 0 Å². The molecule has 0 amide bonds. The molecule has 0 aliphatic carbocycles. The average molecular weight is 359 g/mol. The summed E-state index contributed by atoms with van der Waals surface area (Å²) in [4.78, 5) is 9.03. The maximum Gasteiger partial charge on any atom is 0.143 e. The first kappa shape index (κ1) is 17.1. The molecule has 5 heteroatoms. The third kappa shape index (κ3) is 3.37. The molecule has 0 bridgehead atoms.